The van der Waals surface area contributed by atoms with Crippen LogP contribution in [0.4, 0.5) is 0 Å². The van der Waals surface area contributed by atoms with Crippen LogP contribution in [0.15, 0.2) is 30.3 Å². The Balaban J connectivity index is 2.08. The van der Waals surface area contributed by atoms with E-state index in [1.807, 2.05) is 30.3 Å². The Morgan fingerprint density at radius 1 is 1.36 bits per heavy atom. The molecule has 0 radical (unpaired) electrons. The van der Waals surface area contributed by atoms with Crippen LogP contribution in [0.3, 0.4) is 0 Å². The third kappa shape index (κ3) is 5.11. The van der Waals surface area contributed by atoms with Crippen molar-refractivity contribution in [1.82, 2.24) is 5.48 Å². The Hall–Kier alpha value is -0.710. The molecule has 0 aromatic heterocycles. The summed E-state index contributed by atoms with van der Waals surface area (Å²) >= 11 is 0. The van der Waals surface area contributed by atoms with E-state index in [0.717, 1.165) is 5.56 Å². The van der Waals surface area contributed by atoms with Gasteiger partial charge in [0.1, 0.15) is 0 Å². The zero-order chi connectivity index (χ0) is 10.2. The number of hydrogen-bond donors (Lipinski definition) is 1. The molecule has 1 rings (SSSR count). The minimum absolute atomic E-state index is 0.539. The highest BCUT2D eigenvalue weighted by Gasteiger charge is 1.92. The summed E-state index contributed by atoms with van der Waals surface area (Å²) in [7, 11) is -0.756. The van der Waals surface area contributed by atoms with Crippen LogP contribution in [0.2, 0.25) is 0 Å². The molecule has 0 aliphatic heterocycles. The van der Waals surface area contributed by atoms with E-state index in [0.29, 0.717) is 18.9 Å². The average Bonchev–Trinajstić information content (AvgIpc) is 2.18. The van der Waals surface area contributed by atoms with Crippen molar-refractivity contribution < 1.29 is 9.05 Å². The van der Waals surface area contributed by atoms with Crippen LogP contribution in [-0.2, 0) is 22.2 Å². The van der Waals surface area contributed by atoms with Crippen molar-refractivity contribution in [2.24, 2.45) is 0 Å². The molecule has 0 fully saturated rings. The van der Waals surface area contributed by atoms with Crippen molar-refractivity contribution >= 4 is 10.8 Å². The van der Waals surface area contributed by atoms with E-state index < -0.39 is 10.8 Å². The first-order valence-corrected chi connectivity index (χ1v) is 6.20. The van der Waals surface area contributed by atoms with Gasteiger partial charge in [0, 0.05) is 29.4 Å². The van der Waals surface area contributed by atoms with Crippen LogP contribution in [0, 0.1) is 0 Å². The maximum atomic E-state index is 10.7. The largest absolute Gasteiger partial charge is 0.297 e. The molecule has 1 aromatic carbocycles. The van der Waals surface area contributed by atoms with Crippen LogP contribution in [0.25, 0.3) is 0 Å². The van der Waals surface area contributed by atoms with Crippen molar-refractivity contribution in [3.8, 4) is 0 Å². The average molecular weight is 213 g/mol. The highest BCUT2D eigenvalue weighted by atomic mass is 32.2. The predicted molar refractivity (Wildman–Crippen MR) is 58.2 cm³/mol. The predicted octanol–water partition coefficient (Wildman–Crippen LogP) is 1.09. The van der Waals surface area contributed by atoms with Gasteiger partial charge in [-0.3, -0.25) is 9.05 Å². The summed E-state index contributed by atoms with van der Waals surface area (Å²) in [6.45, 7) is 1.16. The zero-order valence-electron chi connectivity index (χ0n) is 8.23. The Morgan fingerprint density at radius 2 is 2.07 bits per heavy atom. The van der Waals surface area contributed by atoms with Gasteiger partial charge >= 0.3 is 0 Å². The summed E-state index contributed by atoms with van der Waals surface area (Å²) < 4.78 is 10.7. The minimum atomic E-state index is -0.756. The standard InChI is InChI=1S/C10H15NO2S/c1-14(12)8-7-11-13-9-10-5-3-2-4-6-10/h2-6,11H,7-9H2,1H3. The molecule has 1 N–H and O–H groups in total. The summed E-state index contributed by atoms with van der Waals surface area (Å²) in [5.41, 5.74) is 3.89. The van der Waals surface area contributed by atoms with Gasteiger partial charge in [-0.1, -0.05) is 30.3 Å². The van der Waals surface area contributed by atoms with Gasteiger partial charge < -0.3 is 0 Å². The first kappa shape index (κ1) is 11.4. The molecule has 0 aliphatic carbocycles. The van der Waals surface area contributed by atoms with Crippen LogP contribution in [0.5, 0.6) is 0 Å². The Kier molecular flexibility index (Phi) is 5.44. The highest BCUT2D eigenvalue weighted by Crippen LogP contribution is 1.98. The normalized spacial score (nSPS) is 12.6. The van der Waals surface area contributed by atoms with E-state index in [1.165, 1.54) is 0 Å². The number of nitrogens with one attached hydrogen (secondary N) is 1. The quantitative estimate of drug-likeness (QED) is 0.568. The third-order valence-corrected chi connectivity index (χ3v) is 2.45. The number of benzene rings is 1. The smallest absolute Gasteiger partial charge is 0.0933 e. The fourth-order valence-electron chi connectivity index (χ4n) is 0.966. The molecule has 0 aliphatic rings. The Bertz CT molecular complexity index is 277. The summed E-state index contributed by atoms with van der Waals surface area (Å²) in [5, 5.41) is 0. The fourth-order valence-corrected chi connectivity index (χ4v) is 1.34. The molecular weight excluding hydrogens is 198 g/mol. The summed E-state index contributed by atoms with van der Waals surface area (Å²) in [6.07, 6.45) is 1.68. The topological polar surface area (TPSA) is 38.3 Å². The van der Waals surface area contributed by atoms with Gasteiger partial charge in [-0.25, -0.2) is 5.48 Å². The molecule has 1 atom stereocenters. The van der Waals surface area contributed by atoms with Gasteiger partial charge in [0.05, 0.1) is 6.61 Å². The van der Waals surface area contributed by atoms with E-state index in [2.05, 4.69) is 5.48 Å². The van der Waals surface area contributed by atoms with E-state index in [9.17, 15) is 4.21 Å². The molecule has 4 heteroatoms. The summed E-state index contributed by atoms with van der Waals surface area (Å²) in [4.78, 5) is 5.19. The van der Waals surface area contributed by atoms with Crippen LogP contribution < -0.4 is 5.48 Å². The van der Waals surface area contributed by atoms with Gasteiger partial charge in [0.15, 0.2) is 0 Å². The molecular formula is C10H15NO2S. The maximum Gasteiger partial charge on any atom is 0.0933 e. The van der Waals surface area contributed by atoms with Crippen LogP contribution >= 0.6 is 0 Å². The van der Waals surface area contributed by atoms with Gasteiger partial charge in [-0.15, -0.1) is 0 Å². The molecule has 0 saturated carbocycles. The SMILES string of the molecule is CS(=O)CCNOCc1ccccc1. The molecule has 1 unspecified atom stereocenters. The van der Waals surface area contributed by atoms with Gasteiger partial charge in [0.2, 0.25) is 0 Å². The lowest BCUT2D eigenvalue weighted by Crippen LogP contribution is -2.20. The Labute approximate surface area is 86.9 Å². The second kappa shape index (κ2) is 6.70. The molecule has 1 aromatic rings. The second-order valence-electron chi connectivity index (χ2n) is 2.95. The van der Waals surface area contributed by atoms with Crippen LogP contribution in [0.1, 0.15) is 5.56 Å². The highest BCUT2D eigenvalue weighted by molar-refractivity contribution is 7.84. The van der Waals surface area contributed by atoms with E-state index in [1.54, 1.807) is 6.26 Å². The molecule has 3 nitrogen and oxygen atoms in total. The lowest BCUT2D eigenvalue weighted by molar-refractivity contribution is 0.0319. The third-order valence-electron chi connectivity index (χ3n) is 1.68. The van der Waals surface area contributed by atoms with Crippen molar-refractivity contribution in [1.29, 1.82) is 0 Å². The molecule has 0 amide bonds. The maximum absolute atomic E-state index is 10.7. The van der Waals surface area contributed by atoms with Gasteiger partial charge in [0.25, 0.3) is 0 Å². The molecule has 0 bridgehead atoms. The minimum Gasteiger partial charge on any atom is -0.297 e. The molecule has 0 spiro atoms. The lowest BCUT2D eigenvalue weighted by atomic mass is 10.2. The molecule has 0 saturated heterocycles. The van der Waals surface area contributed by atoms with E-state index in [-0.39, 0.29) is 0 Å². The van der Waals surface area contributed by atoms with E-state index in [4.69, 9.17) is 4.84 Å². The number of hydroxylamine groups is 1. The first-order chi connectivity index (χ1) is 6.79. The van der Waals surface area contributed by atoms with Gasteiger partial charge in [-0.05, 0) is 5.56 Å². The second-order valence-corrected chi connectivity index (χ2v) is 4.50. The molecule has 14 heavy (non-hydrogen) atoms. The number of hydrogen-bond acceptors (Lipinski definition) is 3. The van der Waals surface area contributed by atoms with Gasteiger partial charge in [-0.2, -0.15) is 0 Å². The van der Waals surface area contributed by atoms with Crippen molar-refractivity contribution in [2.45, 2.75) is 6.61 Å². The zero-order valence-corrected chi connectivity index (χ0v) is 9.05. The van der Waals surface area contributed by atoms with Crippen molar-refractivity contribution in [3.63, 3.8) is 0 Å². The van der Waals surface area contributed by atoms with Crippen molar-refractivity contribution in [2.75, 3.05) is 18.6 Å². The van der Waals surface area contributed by atoms with Crippen molar-refractivity contribution in [3.05, 3.63) is 35.9 Å². The molecule has 0 heterocycles. The fraction of sp³-hybridized carbons (Fsp3) is 0.400. The van der Waals surface area contributed by atoms with Crippen LogP contribution in [-0.4, -0.2) is 22.8 Å². The summed E-state index contributed by atoms with van der Waals surface area (Å²) in [6, 6.07) is 9.91. The number of rotatable bonds is 6. The summed E-state index contributed by atoms with van der Waals surface area (Å²) in [5.74, 6) is 0.620. The molecule has 78 valence electrons. The monoisotopic (exact) mass is 213 g/mol. The lowest BCUT2D eigenvalue weighted by Gasteiger charge is -2.04. The first-order valence-electron chi connectivity index (χ1n) is 4.47. The Morgan fingerprint density at radius 3 is 2.71 bits per heavy atom. The van der Waals surface area contributed by atoms with E-state index >= 15 is 0 Å².